The van der Waals surface area contributed by atoms with E-state index in [0.29, 0.717) is 0 Å². The first-order chi connectivity index (χ1) is 4.22. The van der Waals surface area contributed by atoms with E-state index >= 15 is 0 Å². The van der Waals surface area contributed by atoms with Crippen LogP contribution < -0.4 is 0 Å². The predicted octanol–water partition coefficient (Wildman–Crippen LogP) is 3.10. The molecule has 0 amide bonds. The Kier molecular flexibility index (Phi) is 2.73. The third-order valence-electron chi connectivity index (χ3n) is 0.800. The number of pyridine rings is 1. The highest BCUT2D eigenvalue weighted by Crippen LogP contribution is 2.23. The minimum Gasteiger partial charge on any atom is -0.248 e. The molecule has 0 unspecified atom stereocenters. The van der Waals surface area contributed by atoms with Crippen molar-refractivity contribution in [2.24, 2.45) is 0 Å². The average Bonchev–Trinajstić information content (AvgIpc) is 1.83. The first-order valence-corrected chi connectivity index (χ1v) is 4.42. The molecule has 0 aliphatic carbocycles. The summed E-state index contributed by atoms with van der Waals surface area (Å²) in [6.45, 7) is 0. The number of rotatable bonds is 0. The Morgan fingerprint density at radius 2 is 2.33 bits per heavy atom. The number of hydrogen-bond acceptors (Lipinski definition) is 1. The lowest BCUT2D eigenvalue weighted by Crippen LogP contribution is -1.79. The lowest BCUT2D eigenvalue weighted by atomic mass is 10.5. The quantitative estimate of drug-likeness (QED) is 0.529. The molecule has 1 rings (SSSR count). The van der Waals surface area contributed by atoms with Gasteiger partial charge in [-0.2, -0.15) is 0 Å². The van der Waals surface area contributed by atoms with E-state index in [1.54, 1.807) is 12.3 Å². The number of nitrogens with zero attached hydrogens (tertiary/aromatic N) is 1. The molecule has 0 aliphatic rings. The summed E-state index contributed by atoms with van der Waals surface area (Å²) in [5.74, 6) is 0. The normalized spacial score (nSPS) is 9.67. The highest BCUT2D eigenvalue weighted by Gasteiger charge is 1.99. The number of aromatic nitrogens is 1. The highest BCUT2D eigenvalue weighted by molar-refractivity contribution is 14.1. The summed E-state index contributed by atoms with van der Waals surface area (Å²) in [6, 6.07) is 1.76. The zero-order valence-corrected chi connectivity index (χ0v) is 8.74. The Morgan fingerprint density at radius 1 is 1.67 bits per heavy atom. The van der Waals surface area contributed by atoms with Crippen molar-refractivity contribution >= 4 is 50.1 Å². The van der Waals surface area contributed by atoms with Gasteiger partial charge < -0.3 is 0 Å². The minimum absolute atomic E-state index is 0.734. The Bertz CT molecular complexity index is 208. The molecule has 1 nitrogen and oxygen atoms in total. The molecule has 0 aliphatic heterocycles. The molecule has 0 radical (unpaired) electrons. The van der Waals surface area contributed by atoms with Gasteiger partial charge in [0, 0.05) is 6.20 Å². The van der Waals surface area contributed by atoms with E-state index in [9.17, 15) is 0 Å². The average molecular weight is 318 g/mol. The van der Waals surface area contributed by atoms with Crippen LogP contribution in [-0.4, -0.2) is 4.98 Å². The molecule has 0 spiro atoms. The molecule has 0 aromatic carbocycles. The standard InChI is InChI=1S/C5H2BrClIN/c6-5-4(8)3(7)1-2-9-5/h1-2H. The summed E-state index contributed by atoms with van der Waals surface area (Å²) in [4.78, 5) is 3.96. The molecule has 1 aromatic heterocycles. The molecule has 0 fully saturated rings. The predicted molar refractivity (Wildman–Crippen MR) is 49.7 cm³/mol. The van der Waals surface area contributed by atoms with Gasteiger partial charge in [0.1, 0.15) is 4.60 Å². The maximum atomic E-state index is 5.74. The summed E-state index contributed by atoms with van der Waals surface area (Å²) in [7, 11) is 0. The Morgan fingerprint density at radius 3 is 2.78 bits per heavy atom. The lowest BCUT2D eigenvalue weighted by Gasteiger charge is -1.94. The molecular weight excluding hydrogens is 316 g/mol. The van der Waals surface area contributed by atoms with Crippen molar-refractivity contribution in [2.45, 2.75) is 0 Å². The van der Waals surface area contributed by atoms with Gasteiger partial charge in [0.2, 0.25) is 0 Å². The van der Waals surface area contributed by atoms with Crippen LogP contribution in [0.25, 0.3) is 0 Å². The van der Waals surface area contributed by atoms with Gasteiger partial charge in [-0.05, 0) is 44.6 Å². The van der Waals surface area contributed by atoms with Crippen molar-refractivity contribution in [1.29, 1.82) is 0 Å². The fourth-order valence-corrected chi connectivity index (χ4v) is 1.31. The summed E-state index contributed by atoms with van der Waals surface area (Å²) in [5, 5.41) is 0.734. The smallest absolute Gasteiger partial charge is 0.120 e. The molecule has 48 valence electrons. The van der Waals surface area contributed by atoms with Crippen molar-refractivity contribution in [3.63, 3.8) is 0 Å². The Hall–Kier alpha value is 0.650. The molecule has 1 aromatic rings. The van der Waals surface area contributed by atoms with E-state index in [2.05, 4.69) is 43.5 Å². The third-order valence-corrected chi connectivity index (χ3v) is 3.87. The van der Waals surface area contributed by atoms with Gasteiger partial charge in [-0.3, -0.25) is 0 Å². The van der Waals surface area contributed by atoms with E-state index in [1.165, 1.54) is 0 Å². The van der Waals surface area contributed by atoms with Crippen LogP contribution in [0.4, 0.5) is 0 Å². The van der Waals surface area contributed by atoms with Crippen LogP contribution in [0.2, 0.25) is 5.02 Å². The van der Waals surface area contributed by atoms with Crippen LogP contribution in [0, 0.1) is 3.57 Å². The zero-order chi connectivity index (χ0) is 6.85. The Labute approximate surface area is 80.1 Å². The van der Waals surface area contributed by atoms with Crippen LogP contribution in [0.15, 0.2) is 16.9 Å². The lowest BCUT2D eigenvalue weighted by molar-refractivity contribution is 1.25. The molecule has 0 saturated carbocycles. The SMILES string of the molecule is Clc1ccnc(Br)c1I. The van der Waals surface area contributed by atoms with Crippen LogP contribution in [0.5, 0.6) is 0 Å². The molecule has 4 heteroatoms. The summed E-state index contributed by atoms with van der Waals surface area (Å²) in [6.07, 6.45) is 1.66. The van der Waals surface area contributed by atoms with Gasteiger partial charge in [-0.15, -0.1) is 0 Å². The van der Waals surface area contributed by atoms with Crippen LogP contribution >= 0.6 is 50.1 Å². The van der Waals surface area contributed by atoms with Crippen molar-refractivity contribution in [2.75, 3.05) is 0 Å². The fraction of sp³-hybridized carbons (Fsp3) is 0. The minimum atomic E-state index is 0.734. The van der Waals surface area contributed by atoms with E-state index in [4.69, 9.17) is 11.6 Å². The number of halogens is 3. The van der Waals surface area contributed by atoms with E-state index in [0.717, 1.165) is 13.2 Å². The van der Waals surface area contributed by atoms with Gasteiger partial charge in [-0.25, -0.2) is 4.98 Å². The topological polar surface area (TPSA) is 12.9 Å². The van der Waals surface area contributed by atoms with Gasteiger partial charge in [0.15, 0.2) is 0 Å². The molecule has 1 heterocycles. The van der Waals surface area contributed by atoms with E-state index < -0.39 is 0 Å². The van der Waals surface area contributed by atoms with Gasteiger partial charge in [0.05, 0.1) is 8.59 Å². The van der Waals surface area contributed by atoms with Crippen LogP contribution in [-0.2, 0) is 0 Å². The largest absolute Gasteiger partial charge is 0.248 e. The fourth-order valence-electron chi connectivity index (χ4n) is 0.397. The molecular formula is C5H2BrClIN. The summed E-state index contributed by atoms with van der Waals surface area (Å²) in [5.41, 5.74) is 0. The monoisotopic (exact) mass is 317 g/mol. The zero-order valence-electron chi connectivity index (χ0n) is 4.24. The molecule has 0 atom stereocenters. The maximum absolute atomic E-state index is 5.74. The molecule has 0 N–H and O–H groups in total. The van der Waals surface area contributed by atoms with Gasteiger partial charge in [-0.1, -0.05) is 11.6 Å². The van der Waals surface area contributed by atoms with Crippen LogP contribution in [0.1, 0.15) is 0 Å². The molecule has 9 heavy (non-hydrogen) atoms. The second-order valence-electron chi connectivity index (χ2n) is 1.40. The third kappa shape index (κ3) is 1.78. The summed E-state index contributed by atoms with van der Waals surface area (Å²) < 4.78 is 1.76. The maximum Gasteiger partial charge on any atom is 0.120 e. The van der Waals surface area contributed by atoms with Crippen molar-refractivity contribution in [1.82, 2.24) is 4.98 Å². The summed E-state index contributed by atoms with van der Waals surface area (Å²) >= 11 is 11.1. The second kappa shape index (κ2) is 3.16. The molecule has 0 bridgehead atoms. The van der Waals surface area contributed by atoms with Gasteiger partial charge in [0.25, 0.3) is 0 Å². The Balaban J connectivity index is 3.25. The number of hydrogen-bond donors (Lipinski definition) is 0. The first-order valence-electron chi connectivity index (χ1n) is 2.17. The van der Waals surface area contributed by atoms with Crippen molar-refractivity contribution in [3.05, 3.63) is 25.5 Å². The van der Waals surface area contributed by atoms with E-state index in [1.807, 2.05) is 0 Å². The van der Waals surface area contributed by atoms with Gasteiger partial charge >= 0.3 is 0 Å². The second-order valence-corrected chi connectivity index (χ2v) is 3.63. The first kappa shape index (κ1) is 7.75. The van der Waals surface area contributed by atoms with Crippen molar-refractivity contribution in [3.8, 4) is 0 Å². The molecule has 0 saturated heterocycles. The van der Waals surface area contributed by atoms with E-state index in [-0.39, 0.29) is 0 Å². The highest BCUT2D eigenvalue weighted by atomic mass is 127. The van der Waals surface area contributed by atoms with Crippen molar-refractivity contribution < 1.29 is 0 Å². The van der Waals surface area contributed by atoms with Crippen LogP contribution in [0.3, 0.4) is 0 Å².